The largest absolute Gasteiger partial charge is 0.494 e. The number of nitrogens with zero attached hydrogens (tertiary/aromatic N) is 2. The van der Waals surface area contributed by atoms with Crippen LogP contribution < -0.4 is 4.74 Å². The summed E-state index contributed by atoms with van der Waals surface area (Å²) in [6.07, 6.45) is 2.84. The Morgan fingerprint density at radius 3 is 2.52 bits per heavy atom. The maximum absolute atomic E-state index is 13.2. The van der Waals surface area contributed by atoms with Crippen LogP contribution >= 0.6 is 23.4 Å². The summed E-state index contributed by atoms with van der Waals surface area (Å²) in [5.74, 6) is 1.24. The molecule has 164 valence electrons. The number of thioether (sulfide) groups is 1. The smallest absolute Gasteiger partial charge is 0.266 e. The van der Waals surface area contributed by atoms with Crippen LogP contribution in [0.4, 0.5) is 5.69 Å². The molecule has 2 aromatic rings. The first kappa shape index (κ1) is 23.4. The van der Waals surface area contributed by atoms with Crippen LogP contribution in [-0.4, -0.2) is 29.1 Å². The molecule has 0 saturated carbocycles. The Hall–Kier alpha value is -2.24. The molecule has 0 unspecified atom stereocenters. The third-order valence-corrected chi connectivity index (χ3v) is 6.25. The van der Waals surface area contributed by atoms with Crippen LogP contribution in [0.1, 0.15) is 56.7 Å². The van der Waals surface area contributed by atoms with Gasteiger partial charge in [0.1, 0.15) is 5.75 Å². The molecule has 1 aliphatic heterocycles. The van der Waals surface area contributed by atoms with Crippen molar-refractivity contribution >= 4 is 46.2 Å². The number of aryl methyl sites for hydroxylation is 1. The molecule has 31 heavy (non-hydrogen) atoms. The van der Waals surface area contributed by atoms with E-state index in [1.807, 2.05) is 25.1 Å². The number of aliphatic imine (C=N–C) groups is 1. The summed E-state index contributed by atoms with van der Waals surface area (Å²) in [6.45, 7) is 11.7. The summed E-state index contributed by atoms with van der Waals surface area (Å²) in [7, 11) is 0. The molecule has 1 saturated heterocycles. The second kappa shape index (κ2) is 10.4. The van der Waals surface area contributed by atoms with Gasteiger partial charge in [0.2, 0.25) is 0 Å². The molecule has 2 aromatic carbocycles. The Labute approximate surface area is 194 Å². The maximum atomic E-state index is 13.2. The number of halogens is 1. The van der Waals surface area contributed by atoms with Crippen LogP contribution in [-0.2, 0) is 4.79 Å². The lowest BCUT2D eigenvalue weighted by molar-refractivity contribution is -0.122. The van der Waals surface area contributed by atoms with E-state index in [0.717, 1.165) is 34.5 Å². The molecular formula is C25H29ClN2O2S. The summed E-state index contributed by atoms with van der Waals surface area (Å²) >= 11 is 7.41. The van der Waals surface area contributed by atoms with Crippen LogP contribution in [0.5, 0.6) is 5.75 Å². The van der Waals surface area contributed by atoms with Gasteiger partial charge in [0.25, 0.3) is 5.91 Å². The fourth-order valence-corrected chi connectivity index (χ4v) is 4.52. The highest BCUT2D eigenvalue weighted by Gasteiger charge is 2.33. The zero-order chi connectivity index (χ0) is 22.5. The van der Waals surface area contributed by atoms with Crippen molar-refractivity contribution in [3.05, 3.63) is 63.0 Å². The monoisotopic (exact) mass is 456 g/mol. The maximum Gasteiger partial charge on any atom is 0.266 e. The molecule has 0 radical (unpaired) electrons. The van der Waals surface area contributed by atoms with Crippen molar-refractivity contribution in [2.45, 2.75) is 47.0 Å². The van der Waals surface area contributed by atoms with Crippen LogP contribution in [0.25, 0.3) is 6.08 Å². The topological polar surface area (TPSA) is 41.9 Å². The van der Waals surface area contributed by atoms with E-state index < -0.39 is 0 Å². The third kappa shape index (κ3) is 5.52. The Morgan fingerprint density at radius 2 is 1.90 bits per heavy atom. The van der Waals surface area contributed by atoms with Crippen LogP contribution in [0.15, 0.2) is 46.3 Å². The van der Waals surface area contributed by atoms with Crippen molar-refractivity contribution in [1.82, 2.24) is 4.90 Å². The highest BCUT2D eigenvalue weighted by atomic mass is 35.5. The van der Waals surface area contributed by atoms with Gasteiger partial charge >= 0.3 is 0 Å². The van der Waals surface area contributed by atoms with Gasteiger partial charge in [-0.3, -0.25) is 9.69 Å². The van der Waals surface area contributed by atoms with Crippen molar-refractivity contribution in [1.29, 1.82) is 0 Å². The van der Waals surface area contributed by atoms with Crippen molar-refractivity contribution in [2.24, 2.45) is 4.99 Å². The van der Waals surface area contributed by atoms with E-state index in [4.69, 9.17) is 21.3 Å². The lowest BCUT2D eigenvalue weighted by Crippen LogP contribution is -2.29. The first-order valence-electron chi connectivity index (χ1n) is 10.7. The highest BCUT2D eigenvalue weighted by molar-refractivity contribution is 8.18. The SMILES string of the molecule is CCCN1C(=O)/C(=C/c2cc(C(C)C)c(OCC)cc2C)SC1=Nc1ccc(Cl)cc1. The van der Waals surface area contributed by atoms with Crippen molar-refractivity contribution < 1.29 is 9.53 Å². The average molecular weight is 457 g/mol. The predicted octanol–water partition coefficient (Wildman–Crippen LogP) is 7.18. The lowest BCUT2D eigenvalue weighted by atomic mass is 9.96. The molecule has 6 heteroatoms. The molecule has 3 rings (SSSR count). The van der Waals surface area contributed by atoms with E-state index in [9.17, 15) is 4.79 Å². The second-order valence-electron chi connectivity index (χ2n) is 7.77. The normalized spacial score (nSPS) is 16.7. The van der Waals surface area contributed by atoms with Gasteiger partial charge < -0.3 is 4.74 Å². The van der Waals surface area contributed by atoms with E-state index in [2.05, 4.69) is 39.8 Å². The molecule has 4 nitrogen and oxygen atoms in total. The van der Waals surface area contributed by atoms with E-state index >= 15 is 0 Å². The number of amides is 1. The van der Waals surface area contributed by atoms with E-state index in [0.29, 0.717) is 34.2 Å². The molecule has 0 aliphatic carbocycles. The van der Waals surface area contributed by atoms with Crippen LogP contribution in [0.2, 0.25) is 5.02 Å². The minimum atomic E-state index is -0.000977. The number of rotatable bonds is 7. The number of hydrogen-bond donors (Lipinski definition) is 0. The Kier molecular flexibility index (Phi) is 7.84. The molecule has 1 fully saturated rings. The van der Waals surface area contributed by atoms with Crippen molar-refractivity contribution in [3.8, 4) is 5.75 Å². The van der Waals surface area contributed by atoms with Crippen LogP contribution in [0.3, 0.4) is 0 Å². The molecule has 0 N–H and O–H groups in total. The van der Waals surface area contributed by atoms with E-state index in [1.54, 1.807) is 17.0 Å². The van der Waals surface area contributed by atoms with Gasteiger partial charge in [0, 0.05) is 11.6 Å². The first-order valence-corrected chi connectivity index (χ1v) is 11.9. The summed E-state index contributed by atoms with van der Waals surface area (Å²) in [5, 5.41) is 1.37. The number of hydrogen-bond acceptors (Lipinski definition) is 4. The molecule has 0 aromatic heterocycles. The molecule has 0 bridgehead atoms. The lowest BCUT2D eigenvalue weighted by Gasteiger charge is -2.16. The molecule has 0 spiro atoms. The molecular weight excluding hydrogens is 428 g/mol. The zero-order valence-electron chi connectivity index (χ0n) is 18.7. The number of benzene rings is 2. The minimum Gasteiger partial charge on any atom is -0.494 e. The van der Waals surface area contributed by atoms with Crippen molar-refractivity contribution in [2.75, 3.05) is 13.2 Å². The summed E-state index contributed by atoms with van der Waals surface area (Å²) in [5.41, 5.74) is 4.04. The molecule has 0 atom stereocenters. The highest BCUT2D eigenvalue weighted by Crippen LogP contribution is 2.37. The first-order chi connectivity index (χ1) is 14.8. The molecule has 1 amide bonds. The molecule has 1 heterocycles. The zero-order valence-corrected chi connectivity index (χ0v) is 20.3. The van der Waals surface area contributed by atoms with Gasteiger partial charge in [-0.05, 0) is 97.1 Å². The fraction of sp³-hybridized carbons (Fsp3) is 0.360. The van der Waals surface area contributed by atoms with Gasteiger partial charge in [0.05, 0.1) is 17.2 Å². The number of ether oxygens (including phenoxy) is 1. The van der Waals surface area contributed by atoms with Gasteiger partial charge in [-0.2, -0.15) is 0 Å². The van der Waals surface area contributed by atoms with Crippen LogP contribution in [0, 0.1) is 6.92 Å². The quantitative estimate of drug-likeness (QED) is 0.414. The van der Waals surface area contributed by atoms with Gasteiger partial charge in [-0.15, -0.1) is 0 Å². The Morgan fingerprint density at radius 1 is 1.19 bits per heavy atom. The minimum absolute atomic E-state index is 0.000977. The standard InChI is InChI=1S/C25H29ClN2O2S/c1-6-12-28-24(29)23(31-25(28)27-20-10-8-19(26)9-11-20)15-18-14-21(16(3)4)22(30-7-2)13-17(18)5/h8-11,13-16H,6-7,12H2,1-5H3/b23-15-,27-25?. The van der Waals surface area contributed by atoms with Gasteiger partial charge in [-0.25, -0.2) is 4.99 Å². The Balaban J connectivity index is 1.99. The molecule has 1 aliphatic rings. The van der Waals surface area contributed by atoms with Gasteiger partial charge in [-0.1, -0.05) is 32.4 Å². The second-order valence-corrected chi connectivity index (χ2v) is 9.22. The summed E-state index contributed by atoms with van der Waals surface area (Å²) in [6, 6.07) is 11.5. The average Bonchev–Trinajstić information content (AvgIpc) is 3.01. The summed E-state index contributed by atoms with van der Waals surface area (Å²) < 4.78 is 5.84. The number of carbonyl (C=O) groups is 1. The summed E-state index contributed by atoms with van der Waals surface area (Å²) in [4.78, 5) is 20.3. The van der Waals surface area contributed by atoms with E-state index in [1.165, 1.54) is 11.8 Å². The number of amidine groups is 1. The fourth-order valence-electron chi connectivity index (χ4n) is 3.38. The predicted molar refractivity (Wildman–Crippen MR) is 133 cm³/mol. The third-order valence-electron chi connectivity index (χ3n) is 4.99. The Bertz CT molecular complexity index is 1010. The van der Waals surface area contributed by atoms with Gasteiger partial charge in [0.15, 0.2) is 5.17 Å². The number of carbonyl (C=O) groups excluding carboxylic acids is 1. The van der Waals surface area contributed by atoms with Crippen molar-refractivity contribution in [3.63, 3.8) is 0 Å². The van der Waals surface area contributed by atoms with E-state index in [-0.39, 0.29) is 5.91 Å².